The van der Waals surface area contributed by atoms with Crippen molar-refractivity contribution in [1.82, 2.24) is 14.5 Å². The predicted molar refractivity (Wildman–Crippen MR) is 126 cm³/mol. The smallest absolute Gasteiger partial charge is 0.410 e. The van der Waals surface area contributed by atoms with Crippen molar-refractivity contribution in [2.75, 3.05) is 19.7 Å². The van der Waals surface area contributed by atoms with Gasteiger partial charge < -0.3 is 14.4 Å². The fraction of sp³-hybridized carbons (Fsp3) is 0.440. The minimum Gasteiger partial charge on any atom is -0.464 e. The average Bonchev–Trinajstić information content (AvgIpc) is 3.11. The number of carbonyl (C=O) groups is 1. The summed E-state index contributed by atoms with van der Waals surface area (Å²) in [5.41, 5.74) is 1.46. The first-order chi connectivity index (χ1) is 15.7. The third kappa shape index (κ3) is 5.58. The van der Waals surface area contributed by atoms with Crippen molar-refractivity contribution in [1.29, 1.82) is 0 Å². The number of likely N-dealkylation sites (tertiary alicyclic amines) is 1. The molecule has 1 amide bonds. The van der Waals surface area contributed by atoms with Crippen LogP contribution in [-0.4, -0.2) is 45.8 Å². The van der Waals surface area contributed by atoms with Gasteiger partial charge in [0.1, 0.15) is 11.4 Å². The topological polar surface area (TPSA) is 56.6 Å². The normalized spacial score (nSPS) is 16.8. The predicted octanol–water partition coefficient (Wildman–Crippen LogP) is 5.90. The molecular formula is C25H29ClFN3O3. The molecule has 0 aliphatic carbocycles. The van der Waals surface area contributed by atoms with Crippen LogP contribution in [0.1, 0.15) is 39.2 Å². The molecule has 0 bridgehead atoms. The molecule has 0 saturated carbocycles. The number of rotatable bonds is 5. The van der Waals surface area contributed by atoms with Crippen molar-refractivity contribution < 1.29 is 18.7 Å². The van der Waals surface area contributed by atoms with Crippen molar-refractivity contribution in [2.24, 2.45) is 5.92 Å². The summed E-state index contributed by atoms with van der Waals surface area (Å²) in [5.74, 6) is -0.219. The minimum atomic E-state index is -0.528. The molecule has 33 heavy (non-hydrogen) atoms. The summed E-state index contributed by atoms with van der Waals surface area (Å²) in [4.78, 5) is 18.8. The van der Waals surface area contributed by atoms with Crippen LogP contribution >= 0.6 is 11.6 Å². The largest absolute Gasteiger partial charge is 0.464 e. The number of hydrogen-bond acceptors (Lipinski definition) is 4. The Hall–Kier alpha value is -2.80. The van der Waals surface area contributed by atoms with Gasteiger partial charge in [0.15, 0.2) is 0 Å². The lowest BCUT2D eigenvalue weighted by Crippen LogP contribution is -2.44. The van der Waals surface area contributed by atoms with Gasteiger partial charge in [-0.25, -0.2) is 9.18 Å². The summed E-state index contributed by atoms with van der Waals surface area (Å²) in [6.07, 6.45) is 1.53. The third-order valence-corrected chi connectivity index (χ3v) is 5.97. The lowest BCUT2D eigenvalue weighted by molar-refractivity contribution is 0.0136. The number of nitrogens with zero attached hydrogens (tertiary/aromatic N) is 3. The highest BCUT2D eigenvalue weighted by Gasteiger charge is 2.28. The van der Waals surface area contributed by atoms with E-state index in [0.29, 0.717) is 36.3 Å². The molecule has 3 aromatic rings. The molecule has 1 aliphatic rings. The van der Waals surface area contributed by atoms with Crippen LogP contribution in [-0.2, 0) is 11.3 Å². The van der Waals surface area contributed by atoms with E-state index in [4.69, 9.17) is 21.1 Å². The molecule has 0 spiro atoms. The van der Waals surface area contributed by atoms with E-state index in [1.807, 2.05) is 49.6 Å². The minimum absolute atomic E-state index is 0.150. The molecule has 2 aromatic carbocycles. The Labute approximate surface area is 198 Å². The Morgan fingerprint density at radius 1 is 1.21 bits per heavy atom. The van der Waals surface area contributed by atoms with E-state index in [-0.39, 0.29) is 24.4 Å². The molecule has 1 atom stereocenters. The van der Waals surface area contributed by atoms with E-state index in [1.165, 1.54) is 6.07 Å². The average molecular weight is 474 g/mol. The molecule has 0 N–H and O–H groups in total. The van der Waals surface area contributed by atoms with Crippen molar-refractivity contribution >= 4 is 28.7 Å². The van der Waals surface area contributed by atoms with Gasteiger partial charge >= 0.3 is 6.09 Å². The molecule has 1 saturated heterocycles. The number of imidazole rings is 1. The number of carbonyl (C=O) groups excluding carboxylic acids is 1. The number of amides is 1. The van der Waals surface area contributed by atoms with Crippen LogP contribution in [0.4, 0.5) is 9.18 Å². The number of benzene rings is 2. The maximum atomic E-state index is 14.5. The molecule has 1 aromatic heterocycles. The number of aromatic nitrogens is 2. The highest BCUT2D eigenvalue weighted by Crippen LogP contribution is 2.28. The quantitative estimate of drug-likeness (QED) is 0.462. The third-order valence-electron chi connectivity index (χ3n) is 5.62. The van der Waals surface area contributed by atoms with E-state index in [1.54, 1.807) is 17.0 Å². The zero-order valence-corrected chi connectivity index (χ0v) is 19.9. The summed E-state index contributed by atoms with van der Waals surface area (Å²) in [7, 11) is 0. The van der Waals surface area contributed by atoms with Crippen LogP contribution < -0.4 is 4.74 Å². The highest BCUT2D eigenvalue weighted by molar-refractivity contribution is 6.31. The summed E-state index contributed by atoms with van der Waals surface area (Å²) >= 11 is 6.28. The van der Waals surface area contributed by atoms with Crippen molar-refractivity contribution in [3.05, 3.63) is 58.9 Å². The number of ether oxygens (including phenoxy) is 2. The zero-order valence-electron chi connectivity index (χ0n) is 19.2. The van der Waals surface area contributed by atoms with Crippen molar-refractivity contribution in [3.8, 4) is 6.01 Å². The summed E-state index contributed by atoms with van der Waals surface area (Å²) in [6.45, 7) is 7.43. The Bertz CT molecular complexity index is 1120. The van der Waals surface area contributed by atoms with Crippen LogP contribution in [0.3, 0.4) is 0 Å². The SMILES string of the molecule is CC(C)(C)OC(=O)N1CCCC(COc2nc3ccccc3n2Cc2c(F)cccc2Cl)C1. The van der Waals surface area contributed by atoms with E-state index >= 15 is 0 Å². The van der Waals surface area contributed by atoms with Crippen molar-refractivity contribution in [2.45, 2.75) is 45.8 Å². The van der Waals surface area contributed by atoms with Gasteiger partial charge in [0.05, 0.1) is 24.2 Å². The lowest BCUT2D eigenvalue weighted by Gasteiger charge is -2.33. The Morgan fingerprint density at radius 2 is 2.00 bits per heavy atom. The molecule has 8 heteroatoms. The standard InChI is InChI=1S/C25H29ClFN3O3/c1-25(2,3)33-24(31)29-13-7-8-17(14-29)16-32-23-28-21-11-4-5-12-22(21)30(23)15-18-19(26)9-6-10-20(18)27/h4-6,9-12,17H,7-8,13-16H2,1-3H3. The van der Waals surface area contributed by atoms with Crippen LogP contribution in [0, 0.1) is 11.7 Å². The Morgan fingerprint density at radius 3 is 2.76 bits per heavy atom. The maximum absolute atomic E-state index is 14.5. The van der Waals surface area contributed by atoms with Crippen LogP contribution in [0.15, 0.2) is 42.5 Å². The van der Waals surface area contributed by atoms with Gasteiger partial charge in [-0.05, 0) is 57.9 Å². The van der Waals surface area contributed by atoms with E-state index in [0.717, 1.165) is 23.9 Å². The summed E-state index contributed by atoms with van der Waals surface area (Å²) in [5, 5.41) is 0.360. The first-order valence-corrected chi connectivity index (χ1v) is 11.6. The molecule has 4 rings (SSSR count). The molecule has 1 fully saturated rings. The number of halogens is 2. The van der Waals surface area contributed by atoms with Crippen LogP contribution in [0.5, 0.6) is 6.01 Å². The maximum Gasteiger partial charge on any atom is 0.410 e. The molecule has 0 radical (unpaired) electrons. The molecule has 1 unspecified atom stereocenters. The number of para-hydroxylation sites is 2. The van der Waals surface area contributed by atoms with Gasteiger partial charge in [-0.2, -0.15) is 4.98 Å². The zero-order chi connectivity index (χ0) is 23.6. The molecule has 1 aliphatic heterocycles. The summed E-state index contributed by atoms with van der Waals surface area (Å²) in [6, 6.07) is 12.7. The number of hydrogen-bond donors (Lipinski definition) is 0. The first kappa shape index (κ1) is 23.4. The second-order valence-corrected chi connectivity index (χ2v) is 9.82. The van der Waals surface area contributed by atoms with E-state index in [9.17, 15) is 9.18 Å². The van der Waals surface area contributed by atoms with Gasteiger partial charge in [0.25, 0.3) is 6.01 Å². The van der Waals surface area contributed by atoms with Gasteiger partial charge in [0, 0.05) is 29.6 Å². The fourth-order valence-electron chi connectivity index (χ4n) is 4.04. The first-order valence-electron chi connectivity index (χ1n) is 11.2. The second kappa shape index (κ2) is 9.59. The Kier molecular flexibility index (Phi) is 6.79. The van der Waals surface area contributed by atoms with Gasteiger partial charge in [0.2, 0.25) is 0 Å². The van der Waals surface area contributed by atoms with Gasteiger partial charge in [-0.3, -0.25) is 4.57 Å². The molecule has 2 heterocycles. The van der Waals surface area contributed by atoms with E-state index < -0.39 is 5.60 Å². The van der Waals surface area contributed by atoms with E-state index in [2.05, 4.69) is 4.98 Å². The van der Waals surface area contributed by atoms with Crippen LogP contribution in [0.25, 0.3) is 11.0 Å². The second-order valence-electron chi connectivity index (χ2n) is 9.42. The molecular weight excluding hydrogens is 445 g/mol. The lowest BCUT2D eigenvalue weighted by atomic mass is 9.99. The van der Waals surface area contributed by atoms with Crippen LogP contribution in [0.2, 0.25) is 5.02 Å². The van der Waals surface area contributed by atoms with Crippen molar-refractivity contribution in [3.63, 3.8) is 0 Å². The highest BCUT2D eigenvalue weighted by atomic mass is 35.5. The van der Waals surface area contributed by atoms with Gasteiger partial charge in [-0.1, -0.05) is 29.8 Å². The Balaban J connectivity index is 1.51. The monoisotopic (exact) mass is 473 g/mol. The molecule has 176 valence electrons. The summed E-state index contributed by atoms with van der Waals surface area (Å²) < 4.78 is 28.0. The number of piperidine rings is 1. The molecule has 6 nitrogen and oxygen atoms in total. The van der Waals surface area contributed by atoms with Gasteiger partial charge in [-0.15, -0.1) is 0 Å². The number of fused-ring (bicyclic) bond motifs is 1. The fourth-order valence-corrected chi connectivity index (χ4v) is 4.27.